The van der Waals surface area contributed by atoms with Crippen molar-refractivity contribution in [1.29, 1.82) is 0 Å². The SMILES string of the molecule is CC(C)C(=O)OCCCNC(=O)C(F)(F)F. The second-order valence-corrected chi connectivity index (χ2v) is 3.43. The van der Waals surface area contributed by atoms with Crippen LogP contribution in [-0.4, -0.2) is 31.2 Å². The highest BCUT2D eigenvalue weighted by atomic mass is 19.4. The minimum absolute atomic E-state index is 0.00481. The van der Waals surface area contributed by atoms with Crippen molar-refractivity contribution in [2.45, 2.75) is 26.4 Å². The number of nitrogens with one attached hydrogen (secondary N) is 1. The van der Waals surface area contributed by atoms with Crippen LogP contribution < -0.4 is 5.32 Å². The van der Waals surface area contributed by atoms with Crippen molar-refractivity contribution in [2.24, 2.45) is 5.92 Å². The molecule has 0 aliphatic carbocycles. The van der Waals surface area contributed by atoms with E-state index in [1.165, 1.54) is 0 Å². The molecule has 0 bridgehead atoms. The first-order valence-electron chi connectivity index (χ1n) is 4.76. The fourth-order valence-electron chi connectivity index (χ4n) is 0.714. The van der Waals surface area contributed by atoms with Gasteiger partial charge < -0.3 is 10.1 Å². The van der Waals surface area contributed by atoms with Gasteiger partial charge in [-0.2, -0.15) is 13.2 Å². The standard InChI is InChI=1S/C9H14F3NO3/c1-6(2)7(14)16-5-3-4-13-8(15)9(10,11)12/h6H,3-5H2,1-2H3,(H,13,15). The van der Waals surface area contributed by atoms with Crippen molar-refractivity contribution in [3.05, 3.63) is 0 Å². The average molecular weight is 241 g/mol. The zero-order chi connectivity index (χ0) is 12.8. The van der Waals surface area contributed by atoms with Gasteiger partial charge in [0.25, 0.3) is 0 Å². The van der Waals surface area contributed by atoms with Gasteiger partial charge in [0.15, 0.2) is 0 Å². The van der Waals surface area contributed by atoms with E-state index in [9.17, 15) is 22.8 Å². The topological polar surface area (TPSA) is 55.4 Å². The number of carbonyl (C=O) groups excluding carboxylic acids is 2. The highest BCUT2D eigenvalue weighted by Crippen LogP contribution is 2.13. The minimum atomic E-state index is -4.87. The summed E-state index contributed by atoms with van der Waals surface area (Å²) in [5.74, 6) is -2.67. The summed E-state index contributed by atoms with van der Waals surface area (Å²) in [5, 5.41) is 1.67. The lowest BCUT2D eigenvalue weighted by Crippen LogP contribution is -2.37. The first-order valence-corrected chi connectivity index (χ1v) is 4.76. The van der Waals surface area contributed by atoms with Gasteiger partial charge in [0, 0.05) is 6.54 Å². The smallest absolute Gasteiger partial charge is 0.465 e. The third-order valence-corrected chi connectivity index (χ3v) is 1.58. The number of alkyl halides is 3. The molecule has 0 atom stereocenters. The third kappa shape index (κ3) is 6.26. The normalized spacial score (nSPS) is 11.4. The Kier molecular flexibility index (Phi) is 5.84. The van der Waals surface area contributed by atoms with E-state index in [0.29, 0.717) is 0 Å². The summed E-state index contributed by atoms with van der Waals surface area (Å²) in [4.78, 5) is 21.2. The molecule has 16 heavy (non-hydrogen) atoms. The van der Waals surface area contributed by atoms with Crippen LogP contribution in [0.3, 0.4) is 0 Å². The monoisotopic (exact) mass is 241 g/mol. The van der Waals surface area contributed by atoms with Crippen LogP contribution in [0.1, 0.15) is 20.3 Å². The summed E-state index contributed by atoms with van der Waals surface area (Å²) in [6.07, 6.45) is -4.71. The van der Waals surface area contributed by atoms with Crippen molar-refractivity contribution >= 4 is 11.9 Å². The van der Waals surface area contributed by atoms with E-state index in [2.05, 4.69) is 0 Å². The average Bonchev–Trinajstić information content (AvgIpc) is 2.14. The first-order chi connectivity index (χ1) is 7.25. The van der Waals surface area contributed by atoms with E-state index in [0.717, 1.165) is 0 Å². The third-order valence-electron chi connectivity index (χ3n) is 1.58. The Morgan fingerprint density at radius 3 is 2.31 bits per heavy atom. The Labute approximate surface area is 91.1 Å². The summed E-state index contributed by atoms with van der Waals surface area (Å²) < 4.78 is 39.8. The second kappa shape index (κ2) is 6.34. The van der Waals surface area contributed by atoms with E-state index in [4.69, 9.17) is 4.74 Å². The molecule has 0 saturated heterocycles. The molecule has 7 heteroatoms. The van der Waals surface area contributed by atoms with Gasteiger partial charge in [-0.3, -0.25) is 9.59 Å². The number of carbonyl (C=O) groups is 2. The van der Waals surface area contributed by atoms with Crippen LogP contribution in [-0.2, 0) is 14.3 Å². The van der Waals surface area contributed by atoms with Crippen LogP contribution in [0.4, 0.5) is 13.2 Å². The molecule has 0 fully saturated rings. The summed E-state index contributed by atoms with van der Waals surface area (Å²) in [6.45, 7) is 3.11. The van der Waals surface area contributed by atoms with Gasteiger partial charge >= 0.3 is 18.1 Å². The number of ether oxygens (including phenoxy) is 1. The molecule has 0 radical (unpaired) electrons. The lowest BCUT2D eigenvalue weighted by molar-refractivity contribution is -0.173. The maximum Gasteiger partial charge on any atom is 0.471 e. The lowest BCUT2D eigenvalue weighted by atomic mass is 10.2. The quantitative estimate of drug-likeness (QED) is 0.582. The summed E-state index contributed by atoms with van der Waals surface area (Å²) in [6, 6.07) is 0. The lowest BCUT2D eigenvalue weighted by Gasteiger charge is -2.09. The molecule has 0 aromatic carbocycles. The molecule has 4 nitrogen and oxygen atoms in total. The zero-order valence-corrected chi connectivity index (χ0v) is 9.06. The predicted octanol–water partition coefficient (Wildman–Crippen LogP) is 1.25. The molecule has 0 aromatic rings. The fourth-order valence-corrected chi connectivity index (χ4v) is 0.714. The molecule has 0 heterocycles. The number of hydrogen-bond donors (Lipinski definition) is 1. The number of hydrogen-bond acceptors (Lipinski definition) is 3. The summed E-state index contributed by atoms with van der Waals surface area (Å²) >= 11 is 0. The van der Waals surface area contributed by atoms with Crippen LogP contribution in [0.2, 0.25) is 0 Å². The molecule has 0 spiro atoms. The molecule has 0 rings (SSSR count). The van der Waals surface area contributed by atoms with Gasteiger partial charge in [-0.1, -0.05) is 13.8 Å². The highest BCUT2D eigenvalue weighted by molar-refractivity contribution is 5.81. The van der Waals surface area contributed by atoms with Gasteiger partial charge in [0.1, 0.15) is 0 Å². The zero-order valence-electron chi connectivity index (χ0n) is 9.06. The predicted molar refractivity (Wildman–Crippen MR) is 49.5 cm³/mol. The van der Waals surface area contributed by atoms with Gasteiger partial charge in [0.2, 0.25) is 0 Å². The first kappa shape index (κ1) is 14.7. The molecule has 0 unspecified atom stereocenters. The van der Waals surface area contributed by atoms with Gasteiger partial charge in [-0.25, -0.2) is 0 Å². The van der Waals surface area contributed by atoms with Crippen molar-refractivity contribution in [3.63, 3.8) is 0 Å². The molecule has 0 aliphatic rings. The largest absolute Gasteiger partial charge is 0.471 e. The van der Waals surface area contributed by atoms with Gasteiger partial charge in [0.05, 0.1) is 12.5 Å². The van der Waals surface area contributed by atoms with Crippen LogP contribution in [0.15, 0.2) is 0 Å². The minimum Gasteiger partial charge on any atom is -0.465 e. The molecule has 0 aliphatic heterocycles. The van der Waals surface area contributed by atoms with Crippen LogP contribution in [0.5, 0.6) is 0 Å². The molecular weight excluding hydrogens is 227 g/mol. The Morgan fingerprint density at radius 1 is 1.31 bits per heavy atom. The Morgan fingerprint density at radius 2 is 1.88 bits per heavy atom. The Hall–Kier alpha value is -1.27. The van der Waals surface area contributed by atoms with Crippen molar-refractivity contribution in [1.82, 2.24) is 5.32 Å². The molecule has 1 N–H and O–H groups in total. The molecular formula is C9H14F3NO3. The number of amides is 1. The highest BCUT2D eigenvalue weighted by Gasteiger charge is 2.38. The summed E-state index contributed by atoms with van der Waals surface area (Å²) in [7, 11) is 0. The number of esters is 1. The van der Waals surface area contributed by atoms with E-state index in [-0.39, 0.29) is 25.5 Å². The molecule has 1 amide bonds. The van der Waals surface area contributed by atoms with Crippen LogP contribution in [0.25, 0.3) is 0 Å². The van der Waals surface area contributed by atoms with E-state index in [1.54, 1.807) is 19.2 Å². The van der Waals surface area contributed by atoms with Crippen molar-refractivity contribution in [2.75, 3.05) is 13.2 Å². The fraction of sp³-hybridized carbons (Fsp3) is 0.778. The number of rotatable bonds is 5. The van der Waals surface area contributed by atoms with Crippen LogP contribution >= 0.6 is 0 Å². The maximum atomic E-state index is 11.7. The summed E-state index contributed by atoms with van der Waals surface area (Å²) in [5.41, 5.74) is 0. The molecule has 0 aromatic heterocycles. The second-order valence-electron chi connectivity index (χ2n) is 3.43. The van der Waals surface area contributed by atoms with Crippen molar-refractivity contribution < 1.29 is 27.5 Å². The van der Waals surface area contributed by atoms with E-state index >= 15 is 0 Å². The van der Waals surface area contributed by atoms with Gasteiger partial charge in [-0.05, 0) is 6.42 Å². The Balaban J connectivity index is 3.56. The van der Waals surface area contributed by atoms with E-state index < -0.39 is 18.1 Å². The molecule has 0 saturated carbocycles. The number of halogens is 3. The van der Waals surface area contributed by atoms with Crippen LogP contribution in [0, 0.1) is 5.92 Å². The Bertz CT molecular complexity index is 251. The maximum absolute atomic E-state index is 11.7. The molecule has 94 valence electrons. The van der Waals surface area contributed by atoms with Crippen molar-refractivity contribution in [3.8, 4) is 0 Å². The van der Waals surface area contributed by atoms with Gasteiger partial charge in [-0.15, -0.1) is 0 Å². The van der Waals surface area contributed by atoms with E-state index in [1.807, 2.05) is 0 Å².